The summed E-state index contributed by atoms with van der Waals surface area (Å²) >= 11 is 1.56. The molecule has 1 aromatic carbocycles. The zero-order valence-electron chi connectivity index (χ0n) is 15.8. The molecule has 0 N–H and O–H groups in total. The Morgan fingerprint density at radius 3 is 2.24 bits per heavy atom. The molecule has 5 nitrogen and oxygen atoms in total. The Hall–Kier alpha value is -1.53. The Bertz CT molecular complexity index is 628. The van der Waals surface area contributed by atoms with Gasteiger partial charge >= 0.3 is 0 Å². The normalized spacial score (nSPS) is 14.5. The van der Waals surface area contributed by atoms with Crippen molar-refractivity contribution < 1.29 is 14.3 Å². The molecule has 2 amide bonds. The molecule has 1 saturated heterocycles. The second kappa shape index (κ2) is 8.72. The molecule has 1 fully saturated rings. The van der Waals surface area contributed by atoms with Gasteiger partial charge < -0.3 is 14.5 Å². The van der Waals surface area contributed by atoms with Crippen LogP contribution < -0.4 is 0 Å². The maximum absolute atomic E-state index is 12.4. The second-order valence-corrected chi connectivity index (χ2v) is 7.61. The first-order chi connectivity index (χ1) is 11.8. The van der Waals surface area contributed by atoms with Crippen LogP contribution in [0.4, 0.5) is 0 Å². The molecule has 1 aliphatic rings. The zero-order chi connectivity index (χ0) is 18.6. The molecule has 6 heteroatoms. The van der Waals surface area contributed by atoms with Gasteiger partial charge in [0, 0.05) is 25.0 Å². The minimum atomic E-state index is -0.0235. The molecule has 0 unspecified atom stereocenters. The van der Waals surface area contributed by atoms with Gasteiger partial charge in [0.25, 0.3) is 0 Å². The van der Waals surface area contributed by atoms with E-state index >= 15 is 0 Å². The summed E-state index contributed by atoms with van der Waals surface area (Å²) in [5, 5.41) is 0. The Labute approximate surface area is 154 Å². The fourth-order valence-electron chi connectivity index (χ4n) is 2.85. The summed E-state index contributed by atoms with van der Waals surface area (Å²) in [5.74, 6) is 0.310. The molecule has 0 aliphatic carbocycles. The highest BCUT2D eigenvalue weighted by Gasteiger charge is 2.21. The third-order valence-electron chi connectivity index (χ3n) is 4.80. The summed E-state index contributed by atoms with van der Waals surface area (Å²) in [7, 11) is 1.70. The maximum Gasteiger partial charge on any atom is 0.242 e. The van der Waals surface area contributed by atoms with Crippen molar-refractivity contribution in [1.82, 2.24) is 9.80 Å². The average Bonchev–Trinajstić information content (AvgIpc) is 2.60. The fourth-order valence-corrected chi connectivity index (χ4v) is 4.09. The van der Waals surface area contributed by atoms with Crippen LogP contribution in [0.2, 0.25) is 0 Å². The summed E-state index contributed by atoms with van der Waals surface area (Å²) in [6, 6.07) is 2.18. The van der Waals surface area contributed by atoms with Crippen LogP contribution in [0.3, 0.4) is 0 Å². The lowest BCUT2D eigenvalue weighted by Gasteiger charge is -2.28. The van der Waals surface area contributed by atoms with Crippen LogP contribution in [0.15, 0.2) is 11.0 Å². The lowest BCUT2D eigenvalue weighted by molar-refractivity contribution is -0.140. The summed E-state index contributed by atoms with van der Waals surface area (Å²) in [6.07, 6.45) is 0. The van der Waals surface area contributed by atoms with Crippen molar-refractivity contribution >= 4 is 23.6 Å². The number of hydrogen-bond donors (Lipinski definition) is 0. The van der Waals surface area contributed by atoms with Gasteiger partial charge in [0.15, 0.2) is 0 Å². The molecule has 1 heterocycles. The number of morpholine rings is 1. The van der Waals surface area contributed by atoms with Gasteiger partial charge in [0.1, 0.15) is 0 Å². The molecule has 0 saturated carbocycles. The molecule has 0 aromatic heterocycles. The van der Waals surface area contributed by atoms with Gasteiger partial charge in [-0.15, -0.1) is 11.8 Å². The van der Waals surface area contributed by atoms with Crippen molar-refractivity contribution in [2.24, 2.45) is 0 Å². The highest BCUT2D eigenvalue weighted by Crippen LogP contribution is 2.30. The molecular weight excluding hydrogens is 336 g/mol. The van der Waals surface area contributed by atoms with Crippen molar-refractivity contribution in [2.75, 3.05) is 45.6 Å². The number of likely N-dealkylation sites (N-methyl/N-ethyl adjacent to an activating group) is 1. The standard InChI is InChI=1S/C19H28N2O3S/c1-13-10-14(2)16(4)19(15(13)3)25-12-18(23)20(5)11-17(22)21-6-8-24-9-7-21/h10H,6-9,11-12H2,1-5H3. The smallest absolute Gasteiger partial charge is 0.242 e. The number of carbonyl (C=O) groups is 2. The lowest BCUT2D eigenvalue weighted by Crippen LogP contribution is -2.46. The van der Waals surface area contributed by atoms with Gasteiger partial charge in [0.2, 0.25) is 11.8 Å². The predicted octanol–water partition coefficient (Wildman–Crippen LogP) is 2.33. The van der Waals surface area contributed by atoms with E-state index in [4.69, 9.17) is 4.74 Å². The van der Waals surface area contributed by atoms with E-state index in [0.29, 0.717) is 32.1 Å². The maximum atomic E-state index is 12.4. The number of carbonyl (C=O) groups excluding carboxylic acids is 2. The van der Waals surface area contributed by atoms with Crippen LogP contribution >= 0.6 is 11.8 Å². The minimum Gasteiger partial charge on any atom is -0.378 e. The number of hydrogen-bond acceptors (Lipinski definition) is 4. The van der Waals surface area contributed by atoms with Gasteiger partial charge in [-0.3, -0.25) is 9.59 Å². The Balaban J connectivity index is 1.92. The van der Waals surface area contributed by atoms with Crippen LogP contribution in [-0.2, 0) is 14.3 Å². The molecular formula is C19H28N2O3S. The van der Waals surface area contributed by atoms with E-state index in [0.717, 1.165) is 0 Å². The average molecular weight is 365 g/mol. The van der Waals surface area contributed by atoms with Gasteiger partial charge in [0.05, 0.1) is 25.5 Å². The van der Waals surface area contributed by atoms with E-state index in [1.165, 1.54) is 32.0 Å². The van der Waals surface area contributed by atoms with Crippen LogP contribution in [0, 0.1) is 27.7 Å². The van der Waals surface area contributed by atoms with Crippen molar-refractivity contribution in [1.29, 1.82) is 0 Å². The van der Waals surface area contributed by atoms with E-state index in [9.17, 15) is 9.59 Å². The highest BCUT2D eigenvalue weighted by molar-refractivity contribution is 8.00. The quantitative estimate of drug-likeness (QED) is 0.753. The molecule has 0 bridgehead atoms. The first-order valence-corrected chi connectivity index (χ1v) is 9.59. The first-order valence-electron chi connectivity index (χ1n) is 8.61. The first kappa shape index (κ1) is 19.8. The Morgan fingerprint density at radius 2 is 1.68 bits per heavy atom. The highest BCUT2D eigenvalue weighted by atomic mass is 32.2. The molecule has 0 radical (unpaired) electrons. The summed E-state index contributed by atoms with van der Waals surface area (Å²) < 4.78 is 5.25. The van der Waals surface area contributed by atoms with Crippen molar-refractivity contribution in [3.8, 4) is 0 Å². The van der Waals surface area contributed by atoms with Crippen LogP contribution in [-0.4, -0.2) is 67.3 Å². The van der Waals surface area contributed by atoms with E-state index in [-0.39, 0.29) is 18.4 Å². The van der Waals surface area contributed by atoms with Gasteiger partial charge in [-0.1, -0.05) is 6.07 Å². The fraction of sp³-hybridized carbons (Fsp3) is 0.579. The monoisotopic (exact) mass is 364 g/mol. The summed E-state index contributed by atoms with van der Waals surface area (Å²) in [6.45, 7) is 10.9. The van der Waals surface area contributed by atoms with E-state index in [2.05, 4.69) is 33.8 Å². The predicted molar refractivity (Wildman–Crippen MR) is 101 cm³/mol. The van der Waals surface area contributed by atoms with Gasteiger partial charge in [-0.25, -0.2) is 0 Å². The Kier molecular flexibility index (Phi) is 6.90. The zero-order valence-corrected chi connectivity index (χ0v) is 16.7. The second-order valence-electron chi connectivity index (χ2n) is 6.62. The van der Waals surface area contributed by atoms with Crippen LogP contribution in [0.1, 0.15) is 22.3 Å². The third-order valence-corrected chi connectivity index (χ3v) is 6.09. The van der Waals surface area contributed by atoms with Crippen LogP contribution in [0.5, 0.6) is 0 Å². The number of benzene rings is 1. The summed E-state index contributed by atoms with van der Waals surface area (Å²) in [4.78, 5) is 29.2. The minimum absolute atomic E-state index is 0.0112. The molecule has 0 atom stereocenters. The van der Waals surface area contributed by atoms with Crippen molar-refractivity contribution in [3.63, 3.8) is 0 Å². The number of amides is 2. The third kappa shape index (κ3) is 4.98. The number of nitrogens with zero attached hydrogens (tertiary/aromatic N) is 2. The molecule has 1 aromatic rings. The number of ether oxygens (including phenoxy) is 1. The van der Waals surface area contributed by atoms with E-state index in [1.807, 2.05) is 0 Å². The topological polar surface area (TPSA) is 49.9 Å². The molecule has 25 heavy (non-hydrogen) atoms. The van der Waals surface area contributed by atoms with E-state index < -0.39 is 0 Å². The van der Waals surface area contributed by atoms with Crippen molar-refractivity contribution in [3.05, 3.63) is 28.3 Å². The SMILES string of the molecule is Cc1cc(C)c(C)c(SCC(=O)N(C)CC(=O)N2CCOCC2)c1C. The van der Waals surface area contributed by atoms with E-state index in [1.54, 1.807) is 23.7 Å². The van der Waals surface area contributed by atoms with Crippen LogP contribution in [0.25, 0.3) is 0 Å². The molecule has 2 rings (SSSR count). The number of aryl methyl sites for hydroxylation is 2. The molecule has 0 spiro atoms. The Morgan fingerprint density at radius 1 is 1.12 bits per heavy atom. The molecule has 138 valence electrons. The van der Waals surface area contributed by atoms with Gasteiger partial charge in [-0.05, 0) is 49.9 Å². The number of rotatable bonds is 5. The number of thioether (sulfide) groups is 1. The van der Waals surface area contributed by atoms with Gasteiger partial charge in [-0.2, -0.15) is 0 Å². The molecule has 1 aliphatic heterocycles. The summed E-state index contributed by atoms with van der Waals surface area (Å²) in [5.41, 5.74) is 4.95. The van der Waals surface area contributed by atoms with Crippen molar-refractivity contribution in [2.45, 2.75) is 32.6 Å². The lowest BCUT2D eigenvalue weighted by atomic mass is 10.0. The largest absolute Gasteiger partial charge is 0.378 e.